The van der Waals surface area contributed by atoms with E-state index in [9.17, 15) is 4.79 Å². The maximum absolute atomic E-state index is 12.6. The summed E-state index contributed by atoms with van der Waals surface area (Å²) in [5.74, 6) is 0.947. The van der Waals surface area contributed by atoms with Crippen LogP contribution in [-0.2, 0) is 15.1 Å². The standard InChI is InChI=1S/C27H35ClN2O3/c1-21-20-23(28)9-10-25(21)33-17-5-8-26(31)29-24-11-13-27(14-12-24,22-6-3-2-4-7-22)30-15-18-32-19-16-30/h2-4,6-7,9-10,20,24H,5,8,11-19H2,1H3,(H,29,31). The van der Waals surface area contributed by atoms with Crippen LogP contribution < -0.4 is 10.1 Å². The zero-order valence-electron chi connectivity index (χ0n) is 19.5. The van der Waals surface area contributed by atoms with Gasteiger partial charge in [0.1, 0.15) is 5.75 Å². The third kappa shape index (κ3) is 6.08. The van der Waals surface area contributed by atoms with E-state index in [0.717, 1.165) is 63.3 Å². The van der Waals surface area contributed by atoms with Crippen LogP contribution in [0.15, 0.2) is 48.5 Å². The summed E-state index contributed by atoms with van der Waals surface area (Å²) in [6.07, 6.45) is 5.29. The molecule has 1 saturated heterocycles. The molecule has 4 rings (SSSR count). The zero-order chi connectivity index (χ0) is 23.1. The second-order valence-electron chi connectivity index (χ2n) is 9.20. The first-order valence-electron chi connectivity index (χ1n) is 12.1. The van der Waals surface area contributed by atoms with Crippen molar-refractivity contribution in [3.63, 3.8) is 0 Å². The van der Waals surface area contributed by atoms with Gasteiger partial charge in [-0.3, -0.25) is 9.69 Å². The van der Waals surface area contributed by atoms with Crippen molar-refractivity contribution in [3.8, 4) is 5.75 Å². The summed E-state index contributed by atoms with van der Waals surface area (Å²) >= 11 is 5.99. The molecule has 2 aliphatic rings. The van der Waals surface area contributed by atoms with Gasteiger partial charge in [0, 0.05) is 36.1 Å². The van der Waals surface area contributed by atoms with Crippen LogP contribution in [0.1, 0.15) is 49.7 Å². The van der Waals surface area contributed by atoms with Crippen molar-refractivity contribution < 1.29 is 14.3 Å². The van der Waals surface area contributed by atoms with Crippen LogP contribution in [0.25, 0.3) is 0 Å². The van der Waals surface area contributed by atoms with Crippen molar-refractivity contribution in [1.82, 2.24) is 10.2 Å². The van der Waals surface area contributed by atoms with E-state index in [0.29, 0.717) is 24.5 Å². The Morgan fingerprint density at radius 2 is 1.88 bits per heavy atom. The molecule has 1 aliphatic carbocycles. The van der Waals surface area contributed by atoms with Crippen molar-refractivity contribution >= 4 is 17.5 Å². The normalized spacial score (nSPS) is 23.8. The van der Waals surface area contributed by atoms with Gasteiger partial charge in [-0.15, -0.1) is 0 Å². The lowest BCUT2D eigenvalue weighted by molar-refractivity contribution is -0.122. The van der Waals surface area contributed by atoms with E-state index in [1.807, 2.05) is 25.1 Å². The van der Waals surface area contributed by atoms with Crippen LogP contribution in [0.2, 0.25) is 5.02 Å². The molecule has 178 valence electrons. The minimum absolute atomic E-state index is 0.0521. The van der Waals surface area contributed by atoms with Gasteiger partial charge in [0.2, 0.25) is 5.91 Å². The first kappa shape index (κ1) is 24.1. The van der Waals surface area contributed by atoms with Crippen LogP contribution >= 0.6 is 11.6 Å². The number of nitrogens with one attached hydrogen (secondary N) is 1. The number of carbonyl (C=O) groups excluding carboxylic acids is 1. The van der Waals surface area contributed by atoms with E-state index in [1.54, 1.807) is 0 Å². The first-order valence-corrected chi connectivity index (χ1v) is 12.5. The van der Waals surface area contributed by atoms with Gasteiger partial charge in [-0.1, -0.05) is 41.9 Å². The van der Waals surface area contributed by atoms with Crippen LogP contribution in [0, 0.1) is 6.92 Å². The smallest absolute Gasteiger partial charge is 0.220 e. The molecule has 5 nitrogen and oxygen atoms in total. The van der Waals surface area contributed by atoms with Crippen LogP contribution in [-0.4, -0.2) is 49.8 Å². The summed E-state index contributed by atoms with van der Waals surface area (Å²) in [4.78, 5) is 15.2. The molecule has 0 unspecified atom stereocenters. The second-order valence-corrected chi connectivity index (χ2v) is 9.64. The van der Waals surface area contributed by atoms with E-state index in [4.69, 9.17) is 21.1 Å². The summed E-state index contributed by atoms with van der Waals surface area (Å²) in [6.45, 7) is 6.04. The number of benzene rings is 2. The Bertz CT molecular complexity index is 907. The fourth-order valence-electron chi connectivity index (χ4n) is 5.26. The lowest BCUT2D eigenvalue weighted by atomic mass is 9.73. The molecule has 1 amide bonds. The first-order chi connectivity index (χ1) is 16.1. The summed E-state index contributed by atoms with van der Waals surface area (Å²) < 4.78 is 11.4. The van der Waals surface area contributed by atoms with Crippen molar-refractivity contribution in [2.24, 2.45) is 0 Å². The Morgan fingerprint density at radius 1 is 1.15 bits per heavy atom. The minimum atomic E-state index is 0.0521. The second kappa shape index (κ2) is 11.4. The van der Waals surface area contributed by atoms with Gasteiger partial charge in [0.05, 0.1) is 19.8 Å². The van der Waals surface area contributed by atoms with E-state index >= 15 is 0 Å². The molecule has 0 atom stereocenters. The molecule has 2 fully saturated rings. The molecular formula is C27H35ClN2O3. The Balaban J connectivity index is 1.25. The predicted octanol–water partition coefficient (Wildman–Crippen LogP) is 5.09. The van der Waals surface area contributed by atoms with E-state index in [-0.39, 0.29) is 17.5 Å². The number of hydrogen-bond donors (Lipinski definition) is 1. The van der Waals surface area contributed by atoms with Gasteiger partial charge in [-0.2, -0.15) is 0 Å². The number of halogens is 1. The number of nitrogens with zero attached hydrogens (tertiary/aromatic N) is 1. The Kier molecular flexibility index (Phi) is 8.29. The number of rotatable bonds is 8. The Morgan fingerprint density at radius 3 is 2.58 bits per heavy atom. The molecule has 33 heavy (non-hydrogen) atoms. The maximum atomic E-state index is 12.6. The quantitative estimate of drug-likeness (QED) is 0.546. The molecule has 0 aromatic heterocycles. The molecular weight excluding hydrogens is 436 g/mol. The van der Waals surface area contributed by atoms with Gasteiger partial charge in [-0.25, -0.2) is 0 Å². The zero-order valence-corrected chi connectivity index (χ0v) is 20.3. The average molecular weight is 471 g/mol. The van der Waals surface area contributed by atoms with Gasteiger partial charge in [-0.05, 0) is 68.4 Å². The fraction of sp³-hybridized carbons (Fsp3) is 0.519. The molecule has 1 heterocycles. The lowest BCUT2D eigenvalue weighted by Gasteiger charge is -2.50. The summed E-state index contributed by atoms with van der Waals surface area (Å²) in [5, 5.41) is 3.98. The van der Waals surface area contributed by atoms with Gasteiger partial charge in [0.25, 0.3) is 0 Å². The van der Waals surface area contributed by atoms with Gasteiger partial charge in [0.15, 0.2) is 0 Å². The Hall–Kier alpha value is -2.08. The number of carbonyl (C=O) groups is 1. The number of ether oxygens (including phenoxy) is 2. The third-order valence-corrected chi connectivity index (χ3v) is 7.28. The highest BCUT2D eigenvalue weighted by Gasteiger charge is 2.42. The Labute approximate surface area is 202 Å². The lowest BCUT2D eigenvalue weighted by Crippen LogP contribution is -2.54. The fourth-order valence-corrected chi connectivity index (χ4v) is 5.48. The summed E-state index contributed by atoms with van der Waals surface area (Å²) in [7, 11) is 0. The van der Waals surface area contributed by atoms with E-state index in [2.05, 4.69) is 40.5 Å². The molecule has 0 radical (unpaired) electrons. The van der Waals surface area contributed by atoms with Crippen molar-refractivity contribution in [1.29, 1.82) is 0 Å². The number of hydrogen-bond acceptors (Lipinski definition) is 4. The number of amides is 1. The molecule has 0 bridgehead atoms. The SMILES string of the molecule is Cc1cc(Cl)ccc1OCCCC(=O)NC1CCC(c2ccccc2)(N2CCOCC2)CC1. The van der Waals surface area contributed by atoms with Crippen LogP contribution in [0.4, 0.5) is 0 Å². The van der Waals surface area contributed by atoms with Crippen molar-refractivity contribution in [2.45, 2.75) is 57.0 Å². The molecule has 1 aliphatic heterocycles. The number of aryl methyl sites for hydroxylation is 1. The van der Waals surface area contributed by atoms with Crippen molar-refractivity contribution in [2.75, 3.05) is 32.9 Å². The molecule has 1 saturated carbocycles. The molecule has 1 N–H and O–H groups in total. The highest BCUT2D eigenvalue weighted by atomic mass is 35.5. The van der Waals surface area contributed by atoms with Crippen LogP contribution in [0.3, 0.4) is 0 Å². The van der Waals surface area contributed by atoms with Gasteiger partial charge >= 0.3 is 0 Å². The number of morpholine rings is 1. The molecule has 2 aromatic rings. The van der Waals surface area contributed by atoms with Gasteiger partial charge < -0.3 is 14.8 Å². The monoisotopic (exact) mass is 470 g/mol. The highest BCUT2D eigenvalue weighted by molar-refractivity contribution is 6.30. The highest BCUT2D eigenvalue weighted by Crippen LogP contribution is 2.42. The van der Waals surface area contributed by atoms with Crippen molar-refractivity contribution in [3.05, 3.63) is 64.7 Å². The predicted molar refractivity (Wildman–Crippen MR) is 132 cm³/mol. The summed E-state index contributed by atoms with van der Waals surface area (Å²) in [5.41, 5.74) is 2.46. The third-order valence-electron chi connectivity index (χ3n) is 7.05. The maximum Gasteiger partial charge on any atom is 0.220 e. The average Bonchev–Trinajstić information content (AvgIpc) is 2.85. The topological polar surface area (TPSA) is 50.8 Å². The van der Waals surface area contributed by atoms with E-state index < -0.39 is 0 Å². The molecule has 6 heteroatoms. The molecule has 2 aromatic carbocycles. The molecule has 0 spiro atoms. The largest absolute Gasteiger partial charge is 0.493 e. The van der Waals surface area contributed by atoms with E-state index in [1.165, 1.54) is 5.56 Å². The minimum Gasteiger partial charge on any atom is -0.493 e. The summed E-state index contributed by atoms with van der Waals surface area (Å²) in [6, 6.07) is 16.7. The van der Waals surface area contributed by atoms with Crippen LogP contribution in [0.5, 0.6) is 5.75 Å².